The van der Waals surface area contributed by atoms with Gasteiger partial charge in [-0.2, -0.15) is 0 Å². The van der Waals surface area contributed by atoms with Gasteiger partial charge in [0, 0.05) is 11.6 Å². The molecule has 0 aliphatic heterocycles. The first-order chi connectivity index (χ1) is 14.0. The van der Waals surface area contributed by atoms with Crippen molar-refractivity contribution in [3.8, 4) is 0 Å². The number of rotatable bonds is 5. The molecule has 29 heavy (non-hydrogen) atoms. The zero-order valence-electron chi connectivity index (χ0n) is 17.2. The van der Waals surface area contributed by atoms with Gasteiger partial charge in [0.2, 0.25) is 0 Å². The number of hydrogen-bond donors (Lipinski definition) is 0. The summed E-state index contributed by atoms with van der Waals surface area (Å²) >= 11 is 0. The van der Waals surface area contributed by atoms with Gasteiger partial charge in [-0.1, -0.05) is 86.6 Å². The lowest BCUT2D eigenvalue weighted by Gasteiger charge is -2.32. The van der Waals surface area contributed by atoms with Gasteiger partial charge < -0.3 is 0 Å². The highest BCUT2D eigenvalue weighted by Gasteiger charge is 2.35. The van der Waals surface area contributed by atoms with Crippen LogP contribution in [-0.2, 0) is 10.8 Å². The average molecular weight is 379 g/mol. The first-order valence-corrected chi connectivity index (χ1v) is 10.0. The van der Waals surface area contributed by atoms with E-state index in [2.05, 4.69) is 99.6 Å². The molecule has 0 aliphatic rings. The van der Waals surface area contributed by atoms with Crippen LogP contribution < -0.4 is 0 Å². The second-order valence-electron chi connectivity index (χ2n) is 8.11. The summed E-state index contributed by atoms with van der Waals surface area (Å²) in [5.41, 5.74) is 4.85. The SMILES string of the molecule is CC(C)(c1ccccc1)c1cccc(C(C)(c2ccccc2)c2ccccn2)n1. The quantitative estimate of drug-likeness (QED) is 0.416. The van der Waals surface area contributed by atoms with Crippen LogP contribution in [0.25, 0.3) is 0 Å². The molecule has 0 amide bonds. The predicted octanol–water partition coefficient (Wildman–Crippen LogP) is 6.16. The molecule has 0 bridgehead atoms. The fraction of sp³-hybridized carbons (Fsp3) is 0.185. The Morgan fingerprint density at radius 1 is 0.517 bits per heavy atom. The first-order valence-electron chi connectivity index (χ1n) is 10.0. The van der Waals surface area contributed by atoms with E-state index in [1.807, 2.05) is 24.4 Å². The Balaban J connectivity index is 1.89. The Hall–Kier alpha value is -3.26. The van der Waals surface area contributed by atoms with Gasteiger partial charge >= 0.3 is 0 Å². The summed E-state index contributed by atoms with van der Waals surface area (Å²) in [5, 5.41) is 0. The lowest BCUT2D eigenvalue weighted by Crippen LogP contribution is -2.30. The molecule has 4 aromatic rings. The second-order valence-corrected chi connectivity index (χ2v) is 8.11. The van der Waals surface area contributed by atoms with Gasteiger partial charge in [0.1, 0.15) is 0 Å². The Kier molecular flexibility index (Phi) is 5.02. The average Bonchev–Trinajstić information content (AvgIpc) is 2.80. The topological polar surface area (TPSA) is 25.8 Å². The van der Waals surface area contributed by atoms with Gasteiger partial charge in [0.05, 0.1) is 22.5 Å². The maximum atomic E-state index is 5.21. The van der Waals surface area contributed by atoms with E-state index >= 15 is 0 Å². The van der Waals surface area contributed by atoms with Crippen LogP contribution in [0.15, 0.2) is 103 Å². The molecule has 0 radical (unpaired) electrons. The van der Waals surface area contributed by atoms with Crippen LogP contribution >= 0.6 is 0 Å². The fourth-order valence-electron chi connectivity index (χ4n) is 3.92. The van der Waals surface area contributed by atoms with E-state index in [4.69, 9.17) is 9.97 Å². The van der Waals surface area contributed by atoms with Crippen molar-refractivity contribution in [2.24, 2.45) is 0 Å². The summed E-state index contributed by atoms with van der Waals surface area (Å²) in [6, 6.07) is 33.5. The van der Waals surface area contributed by atoms with Gasteiger partial charge in [-0.05, 0) is 42.3 Å². The summed E-state index contributed by atoms with van der Waals surface area (Å²) in [5.74, 6) is 0. The minimum absolute atomic E-state index is 0.195. The summed E-state index contributed by atoms with van der Waals surface area (Å²) < 4.78 is 0. The second kappa shape index (κ2) is 7.63. The van der Waals surface area contributed by atoms with Crippen molar-refractivity contribution in [2.45, 2.75) is 31.6 Å². The first kappa shape index (κ1) is 19.1. The molecule has 0 aliphatic carbocycles. The Bertz CT molecular complexity index is 1030. The number of pyridine rings is 2. The van der Waals surface area contributed by atoms with Crippen molar-refractivity contribution in [2.75, 3.05) is 0 Å². The van der Waals surface area contributed by atoms with Crippen molar-refractivity contribution in [1.82, 2.24) is 9.97 Å². The van der Waals surface area contributed by atoms with Crippen LogP contribution in [0, 0.1) is 0 Å². The third-order valence-corrected chi connectivity index (χ3v) is 5.93. The highest BCUT2D eigenvalue weighted by atomic mass is 14.8. The zero-order chi connectivity index (χ0) is 20.3. The molecule has 0 spiro atoms. The minimum Gasteiger partial charge on any atom is -0.260 e. The van der Waals surface area contributed by atoms with E-state index in [0.717, 1.165) is 17.1 Å². The molecule has 2 aromatic heterocycles. The lowest BCUT2D eigenvalue weighted by atomic mass is 9.75. The molecule has 1 unspecified atom stereocenters. The molecule has 2 heteroatoms. The largest absolute Gasteiger partial charge is 0.260 e. The molecule has 0 N–H and O–H groups in total. The summed E-state index contributed by atoms with van der Waals surface area (Å²) in [7, 11) is 0. The molecule has 4 rings (SSSR count). The standard InChI is InChI=1S/C27H26N2/c1-26(2,21-13-6-4-7-14-21)23-18-12-19-25(29-23)27(3,22-15-8-5-9-16-22)24-17-10-11-20-28-24/h4-20H,1-3H3. The van der Waals surface area contributed by atoms with Crippen molar-refractivity contribution < 1.29 is 0 Å². The molecule has 2 nitrogen and oxygen atoms in total. The molecular weight excluding hydrogens is 352 g/mol. The maximum Gasteiger partial charge on any atom is 0.0768 e. The fourth-order valence-corrected chi connectivity index (χ4v) is 3.92. The zero-order valence-corrected chi connectivity index (χ0v) is 17.2. The maximum absolute atomic E-state index is 5.21. The smallest absolute Gasteiger partial charge is 0.0768 e. The van der Waals surface area contributed by atoms with Crippen LogP contribution in [0.3, 0.4) is 0 Å². The highest BCUT2D eigenvalue weighted by molar-refractivity contribution is 5.45. The minimum atomic E-state index is -0.439. The van der Waals surface area contributed by atoms with Gasteiger partial charge in [0.25, 0.3) is 0 Å². The number of benzene rings is 2. The van der Waals surface area contributed by atoms with Crippen LogP contribution in [0.5, 0.6) is 0 Å². The third kappa shape index (κ3) is 3.47. The number of hydrogen-bond acceptors (Lipinski definition) is 2. The third-order valence-electron chi connectivity index (χ3n) is 5.93. The molecule has 2 heterocycles. The molecule has 1 atom stereocenters. The Morgan fingerprint density at radius 2 is 1.07 bits per heavy atom. The van der Waals surface area contributed by atoms with Crippen LogP contribution in [0.1, 0.15) is 49.0 Å². The van der Waals surface area contributed by atoms with Gasteiger partial charge in [0.15, 0.2) is 0 Å². The molecule has 0 fully saturated rings. The van der Waals surface area contributed by atoms with Crippen LogP contribution in [0.4, 0.5) is 0 Å². The monoisotopic (exact) mass is 378 g/mol. The van der Waals surface area contributed by atoms with Crippen molar-refractivity contribution in [3.63, 3.8) is 0 Å². The molecular formula is C27H26N2. The van der Waals surface area contributed by atoms with Gasteiger partial charge in [-0.15, -0.1) is 0 Å². The van der Waals surface area contributed by atoms with Gasteiger partial charge in [-0.3, -0.25) is 9.97 Å². The van der Waals surface area contributed by atoms with Crippen molar-refractivity contribution in [1.29, 1.82) is 0 Å². The van der Waals surface area contributed by atoms with Crippen LogP contribution in [0.2, 0.25) is 0 Å². The molecule has 0 saturated heterocycles. The van der Waals surface area contributed by atoms with E-state index in [1.165, 1.54) is 11.1 Å². The Labute approximate surface area is 173 Å². The lowest BCUT2D eigenvalue weighted by molar-refractivity contribution is 0.586. The summed E-state index contributed by atoms with van der Waals surface area (Å²) in [6.45, 7) is 6.68. The van der Waals surface area contributed by atoms with E-state index in [1.54, 1.807) is 0 Å². The highest BCUT2D eigenvalue weighted by Crippen LogP contribution is 2.38. The van der Waals surface area contributed by atoms with E-state index in [-0.39, 0.29) is 5.41 Å². The normalized spacial score (nSPS) is 13.6. The van der Waals surface area contributed by atoms with E-state index in [0.29, 0.717) is 0 Å². The van der Waals surface area contributed by atoms with Crippen LogP contribution in [-0.4, -0.2) is 9.97 Å². The Morgan fingerprint density at radius 3 is 1.69 bits per heavy atom. The van der Waals surface area contributed by atoms with Gasteiger partial charge in [-0.25, -0.2) is 0 Å². The number of aromatic nitrogens is 2. The molecule has 2 aromatic carbocycles. The summed E-state index contributed by atoms with van der Waals surface area (Å²) in [6.07, 6.45) is 1.86. The van der Waals surface area contributed by atoms with Crippen molar-refractivity contribution >= 4 is 0 Å². The van der Waals surface area contributed by atoms with Crippen molar-refractivity contribution in [3.05, 3.63) is 131 Å². The molecule has 0 saturated carbocycles. The molecule has 144 valence electrons. The predicted molar refractivity (Wildman–Crippen MR) is 119 cm³/mol. The summed E-state index contributed by atoms with van der Waals surface area (Å²) in [4.78, 5) is 9.92. The number of nitrogens with zero attached hydrogens (tertiary/aromatic N) is 2. The van der Waals surface area contributed by atoms with E-state index in [9.17, 15) is 0 Å². The van der Waals surface area contributed by atoms with E-state index < -0.39 is 5.41 Å².